The minimum absolute atomic E-state index is 0.583. The molecule has 0 aliphatic heterocycles. The van der Waals surface area contributed by atoms with E-state index >= 15 is 0 Å². The van der Waals surface area contributed by atoms with Crippen molar-refractivity contribution in [1.29, 1.82) is 0 Å². The highest BCUT2D eigenvalue weighted by molar-refractivity contribution is 14.1. The van der Waals surface area contributed by atoms with Crippen LogP contribution in [0, 0.1) is 3.57 Å². The molecular weight excluding hydrogens is 329 g/mol. The molecule has 1 N–H and O–H groups in total. The Balaban J connectivity index is 1.71. The van der Waals surface area contributed by atoms with Gasteiger partial charge in [-0.3, -0.25) is 0 Å². The van der Waals surface area contributed by atoms with Gasteiger partial charge in [0.1, 0.15) is 12.4 Å². The van der Waals surface area contributed by atoms with E-state index in [0.717, 1.165) is 9.32 Å². The molecule has 0 unspecified atom stereocenters. The van der Waals surface area contributed by atoms with E-state index in [4.69, 9.17) is 4.74 Å². The number of hydrogen-bond acceptors (Lipinski definition) is 4. The number of hydrogen-bond donors (Lipinski definition) is 1. The minimum atomic E-state index is 0.583. The fourth-order valence-corrected chi connectivity index (χ4v) is 1.53. The Morgan fingerprint density at radius 3 is 2.53 bits per heavy atom. The van der Waals surface area contributed by atoms with Crippen LogP contribution >= 0.6 is 22.6 Å². The summed E-state index contributed by atoms with van der Waals surface area (Å²) in [6, 6.07) is 9.73. The number of halogens is 1. The number of benzene rings is 1. The highest BCUT2D eigenvalue weighted by Crippen LogP contribution is 2.07. The second-order valence-corrected chi connectivity index (χ2v) is 4.56. The van der Waals surface area contributed by atoms with E-state index in [1.807, 2.05) is 30.3 Å². The maximum absolute atomic E-state index is 5.53. The summed E-state index contributed by atoms with van der Waals surface area (Å²) in [5.41, 5.74) is 0. The Bertz CT molecular complexity index is 447. The van der Waals surface area contributed by atoms with E-state index in [2.05, 4.69) is 37.9 Å². The third-order valence-corrected chi connectivity index (χ3v) is 2.57. The second-order valence-electron chi connectivity index (χ2n) is 3.31. The van der Waals surface area contributed by atoms with E-state index in [-0.39, 0.29) is 0 Å². The number of aromatic nitrogens is 2. The van der Waals surface area contributed by atoms with E-state index in [9.17, 15) is 0 Å². The zero-order chi connectivity index (χ0) is 11.9. The maximum Gasteiger partial charge on any atom is 0.222 e. The second kappa shape index (κ2) is 6.39. The van der Waals surface area contributed by atoms with Crippen molar-refractivity contribution in [3.05, 3.63) is 46.3 Å². The Kier molecular flexibility index (Phi) is 4.54. The minimum Gasteiger partial charge on any atom is -0.492 e. The predicted molar refractivity (Wildman–Crippen MR) is 75.2 cm³/mol. The van der Waals surface area contributed by atoms with Gasteiger partial charge in [-0.25, -0.2) is 9.97 Å². The molecule has 5 heteroatoms. The molecule has 2 rings (SSSR count). The van der Waals surface area contributed by atoms with Crippen LogP contribution in [0.4, 0.5) is 5.95 Å². The van der Waals surface area contributed by atoms with Crippen LogP contribution in [0.15, 0.2) is 42.7 Å². The summed E-state index contributed by atoms with van der Waals surface area (Å²) in [5, 5.41) is 3.09. The molecule has 1 aromatic carbocycles. The molecule has 0 aliphatic carbocycles. The zero-order valence-corrected chi connectivity index (χ0v) is 11.3. The molecule has 1 aromatic heterocycles. The van der Waals surface area contributed by atoms with E-state index in [0.29, 0.717) is 19.1 Å². The van der Waals surface area contributed by atoms with Gasteiger partial charge in [0.15, 0.2) is 0 Å². The Labute approximate surface area is 114 Å². The summed E-state index contributed by atoms with van der Waals surface area (Å²) >= 11 is 2.17. The normalized spacial score (nSPS) is 9.94. The standard InChI is InChI=1S/C12H12IN3O/c13-10-8-15-12(16-9-10)14-6-7-17-11-4-2-1-3-5-11/h1-5,8-9H,6-7H2,(H,14,15,16). The van der Waals surface area contributed by atoms with Gasteiger partial charge in [-0.15, -0.1) is 0 Å². The lowest BCUT2D eigenvalue weighted by molar-refractivity contribution is 0.332. The largest absolute Gasteiger partial charge is 0.492 e. The number of rotatable bonds is 5. The van der Waals surface area contributed by atoms with E-state index < -0.39 is 0 Å². The molecule has 1 heterocycles. The number of ether oxygens (including phenoxy) is 1. The Morgan fingerprint density at radius 1 is 1.12 bits per heavy atom. The van der Waals surface area contributed by atoms with Crippen LogP contribution in [0.2, 0.25) is 0 Å². The van der Waals surface area contributed by atoms with Crippen LogP contribution in [0.3, 0.4) is 0 Å². The molecule has 0 radical (unpaired) electrons. The zero-order valence-electron chi connectivity index (χ0n) is 9.14. The summed E-state index contributed by atoms with van der Waals surface area (Å²) in [4.78, 5) is 8.28. The van der Waals surface area contributed by atoms with Gasteiger partial charge in [0.25, 0.3) is 0 Å². The molecule has 0 saturated heterocycles. The Morgan fingerprint density at radius 2 is 1.82 bits per heavy atom. The van der Waals surface area contributed by atoms with Crippen molar-refractivity contribution in [3.8, 4) is 5.75 Å². The van der Waals surface area contributed by atoms with Crippen LogP contribution in [-0.2, 0) is 0 Å². The molecule has 0 saturated carbocycles. The first-order chi connectivity index (χ1) is 8.34. The first-order valence-corrected chi connectivity index (χ1v) is 6.32. The van der Waals surface area contributed by atoms with Crippen molar-refractivity contribution >= 4 is 28.5 Å². The summed E-state index contributed by atoms with van der Waals surface area (Å²) < 4.78 is 6.55. The lowest BCUT2D eigenvalue weighted by Crippen LogP contribution is -2.13. The number of nitrogens with one attached hydrogen (secondary N) is 1. The van der Waals surface area contributed by atoms with Gasteiger partial charge in [-0.05, 0) is 34.7 Å². The molecule has 4 nitrogen and oxygen atoms in total. The third kappa shape index (κ3) is 4.18. The molecule has 0 aliphatic rings. The van der Waals surface area contributed by atoms with E-state index in [1.165, 1.54) is 0 Å². The molecule has 2 aromatic rings. The predicted octanol–water partition coefficient (Wildman–Crippen LogP) is 2.57. The average Bonchev–Trinajstić information content (AvgIpc) is 2.38. The summed E-state index contributed by atoms with van der Waals surface area (Å²) in [6.45, 7) is 1.26. The van der Waals surface area contributed by atoms with Crippen molar-refractivity contribution in [2.45, 2.75) is 0 Å². The number of para-hydroxylation sites is 1. The molecule has 0 atom stereocenters. The lowest BCUT2D eigenvalue weighted by atomic mass is 10.3. The topological polar surface area (TPSA) is 47.0 Å². The highest BCUT2D eigenvalue weighted by Gasteiger charge is 1.95. The van der Waals surface area contributed by atoms with Gasteiger partial charge in [-0.2, -0.15) is 0 Å². The van der Waals surface area contributed by atoms with Crippen LogP contribution in [0.25, 0.3) is 0 Å². The molecule has 0 amide bonds. The van der Waals surface area contributed by atoms with Crippen molar-refractivity contribution in [2.75, 3.05) is 18.5 Å². The number of nitrogens with zero attached hydrogens (tertiary/aromatic N) is 2. The van der Waals surface area contributed by atoms with Crippen molar-refractivity contribution < 1.29 is 4.74 Å². The highest BCUT2D eigenvalue weighted by atomic mass is 127. The van der Waals surface area contributed by atoms with Crippen LogP contribution in [-0.4, -0.2) is 23.1 Å². The van der Waals surface area contributed by atoms with Crippen LogP contribution < -0.4 is 10.1 Å². The molecule has 0 spiro atoms. The summed E-state index contributed by atoms with van der Waals surface area (Å²) in [6.07, 6.45) is 3.54. The number of anilines is 1. The SMILES string of the molecule is Ic1cnc(NCCOc2ccccc2)nc1. The van der Waals surface area contributed by atoms with Crippen molar-refractivity contribution in [2.24, 2.45) is 0 Å². The molecule has 88 valence electrons. The Hall–Kier alpha value is -1.37. The van der Waals surface area contributed by atoms with Gasteiger partial charge in [0.05, 0.1) is 6.54 Å². The molecular formula is C12H12IN3O. The molecule has 0 bridgehead atoms. The summed E-state index contributed by atoms with van der Waals surface area (Å²) in [7, 11) is 0. The average molecular weight is 341 g/mol. The van der Waals surface area contributed by atoms with Gasteiger partial charge < -0.3 is 10.1 Å². The monoisotopic (exact) mass is 341 g/mol. The van der Waals surface area contributed by atoms with Crippen molar-refractivity contribution in [3.63, 3.8) is 0 Å². The van der Waals surface area contributed by atoms with Crippen molar-refractivity contribution in [1.82, 2.24) is 9.97 Å². The lowest BCUT2D eigenvalue weighted by Gasteiger charge is -2.07. The van der Waals surface area contributed by atoms with Crippen LogP contribution in [0.5, 0.6) is 5.75 Å². The van der Waals surface area contributed by atoms with Gasteiger partial charge >= 0.3 is 0 Å². The van der Waals surface area contributed by atoms with Gasteiger partial charge in [0, 0.05) is 16.0 Å². The smallest absolute Gasteiger partial charge is 0.222 e. The van der Waals surface area contributed by atoms with E-state index in [1.54, 1.807) is 12.4 Å². The first-order valence-electron chi connectivity index (χ1n) is 5.24. The first kappa shape index (κ1) is 12.1. The molecule has 0 fully saturated rings. The fourth-order valence-electron chi connectivity index (χ4n) is 1.25. The quantitative estimate of drug-likeness (QED) is 0.671. The summed E-state index contributed by atoms with van der Waals surface area (Å²) in [5.74, 6) is 1.50. The van der Waals surface area contributed by atoms with Gasteiger partial charge in [-0.1, -0.05) is 18.2 Å². The fraction of sp³-hybridized carbons (Fsp3) is 0.167. The third-order valence-electron chi connectivity index (χ3n) is 2.02. The van der Waals surface area contributed by atoms with Gasteiger partial charge in [0.2, 0.25) is 5.95 Å². The molecule has 17 heavy (non-hydrogen) atoms. The van der Waals surface area contributed by atoms with Crippen LogP contribution in [0.1, 0.15) is 0 Å². The maximum atomic E-state index is 5.53.